The number of para-hydroxylation sites is 2. The summed E-state index contributed by atoms with van der Waals surface area (Å²) >= 11 is 0. The standard InChI is InChI=1S/C55H40N2/c1-55(2)51-17-9-6-14-47(51)48-33-32-46(36-52(48)55)56(43-27-22-38(23-28-43)37-12-4-3-5-13-37)44-29-24-39(25-30-44)40-20-21-42-35-45(31-26-41(42)34-40)57-53-18-10-7-15-49(53)50-16-8-11-19-54(50)57/h3-36H,1-2H3. The normalized spacial score (nSPS) is 12.9. The molecular weight excluding hydrogens is 689 g/mol. The first kappa shape index (κ1) is 33.2. The smallest absolute Gasteiger partial charge is 0.0541 e. The van der Waals surface area contributed by atoms with Gasteiger partial charge in [0, 0.05) is 38.9 Å². The molecule has 2 nitrogen and oxygen atoms in total. The third-order valence-corrected chi connectivity index (χ3v) is 12.2. The van der Waals surface area contributed by atoms with Gasteiger partial charge in [-0.25, -0.2) is 0 Å². The summed E-state index contributed by atoms with van der Waals surface area (Å²) in [6.45, 7) is 4.70. The van der Waals surface area contributed by atoms with Crippen LogP contribution in [0.25, 0.3) is 71.6 Å². The third kappa shape index (κ3) is 5.40. The van der Waals surface area contributed by atoms with Gasteiger partial charge in [0.15, 0.2) is 0 Å². The van der Waals surface area contributed by atoms with Crippen LogP contribution in [0, 0.1) is 0 Å². The van der Waals surface area contributed by atoms with Crippen LogP contribution in [0.4, 0.5) is 17.1 Å². The van der Waals surface area contributed by atoms with Crippen molar-refractivity contribution in [2.75, 3.05) is 4.90 Å². The van der Waals surface area contributed by atoms with Gasteiger partial charge in [-0.1, -0.05) is 153 Å². The second-order valence-corrected chi connectivity index (χ2v) is 15.8. The Morgan fingerprint density at radius 2 is 0.877 bits per heavy atom. The molecule has 0 saturated carbocycles. The van der Waals surface area contributed by atoms with Gasteiger partial charge >= 0.3 is 0 Å². The van der Waals surface area contributed by atoms with E-state index in [-0.39, 0.29) is 5.41 Å². The van der Waals surface area contributed by atoms with Crippen LogP contribution >= 0.6 is 0 Å². The zero-order valence-corrected chi connectivity index (χ0v) is 32.0. The van der Waals surface area contributed by atoms with Crippen molar-refractivity contribution in [2.24, 2.45) is 0 Å². The molecule has 0 radical (unpaired) electrons. The van der Waals surface area contributed by atoms with E-state index in [2.05, 4.69) is 230 Å². The lowest BCUT2D eigenvalue weighted by molar-refractivity contribution is 0.660. The van der Waals surface area contributed by atoms with Crippen molar-refractivity contribution in [3.05, 3.63) is 217 Å². The van der Waals surface area contributed by atoms with E-state index in [4.69, 9.17) is 0 Å². The second-order valence-electron chi connectivity index (χ2n) is 15.8. The molecule has 0 aliphatic heterocycles. The number of nitrogens with zero attached hydrogens (tertiary/aromatic N) is 2. The van der Waals surface area contributed by atoms with E-state index in [9.17, 15) is 0 Å². The van der Waals surface area contributed by atoms with Crippen molar-refractivity contribution >= 4 is 49.6 Å². The molecular formula is C55H40N2. The summed E-state index contributed by atoms with van der Waals surface area (Å²) in [5.74, 6) is 0. The van der Waals surface area contributed by atoms with Gasteiger partial charge in [0.1, 0.15) is 0 Å². The maximum Gasteiger partial charge on any atom is 0.0541 e. The minimum absolute atomic E-state index is 0.0884. The molecule has 0 atom stereocenters. The lowest BCUT2D eigenvalue weighted by Crippen LogP contribution is -2.16. The number of fused-ring (bicyclic) bond motifs is 7. The van der Waals surface area contributed by atoms with E-state index in [0.29, 0.717) is 0 Å². The molecule has 9 aromatic carbocycles. The van der Waals surface area contributed by atoms with Gasteiger partial charge in [0.2, 0.25) is 0 Å². The largest absolute Gasteiger partial charge is 0.310 e. The van der Waals surface area contributed by atoms with Crippen molar-refractivity contribution in [2.45, 2.75) is 19.3 Å². The Hall–Kier alpha value is -7.16. The van der Waals surface area contributed by atoms with Crippen molar-refractivity contribution in [1.82, 2.24) is 4.57 Å². The van der Waals surface area contributed by atoms with Crippen molar-refractivity contribution in [1.29, 1.82) is 0 Å². The topological polar surface area (TPSA) is 8.17 Å². The predicted octanol–water partition coefficient (Wildman–Crippen LogP) is 15.0. The number of hydrogen-bond donors (Lipinski definition) is 0. The van der Waals surface area contributed by atoms with E-state index in [1.54, 1.807) is 0 Å². The molecule has 1 aliphatic rings. The maximum absolute atomic E-state index is 2.41. The summed E-state index contributed by atoms with van der Waals surface area (Å²) in [6.07, 6.45) is 0. The highest BCUT2D eigenvalue weighted by Gasteiger charge is 2.35. The van der Waals surface area contributed by atoms with Crippen LogP contribution in [-0.2, 0) is 5.41 Å². The molecule has 10 aromatic rings. The molecule has 0 fully saturated rings. The maximum atomic E-state index is 2.41. The van der Waals surface area contributed by atoms with Gasteiger partial charge in [-0.05, 0) is 122 Å². The first-order chi connectivity index (χ1) is 28.0. The molecule has 0 N–H and O–H groups in total. The number of rotatable bonds is 6. The Morgan fingerprint density at radius 1 is 0.368 bits per heavy atom. The van der Waals surface area contributed by atoms with Crippen LogP contribution in [-0.4, -0.2) is 4.57 Å². The fraction of sp³-hybridized carbons (Fsp3) is 0.0545. The average Bonchev–Trinajstić information content (AvgIpc) is 3.72. The summed E-state index contributed by atoms with van der Waals surface area (Å²) in [7, 11) is 0. The SMILES string of the molecule is CC1(C)c2ccccc2-c2ccc(N(c3ccc(-c4ccccc4)cc3)c3ccc(-c4ccc5cc(-n6c7ccccc7c7ccccc76)ccc5c4)cc3)cc21. The molecule has 270 valence electrons. The summed E-state index contributed by atoms with van der Waals surface area (Å²) in [5.41, 5.74) is 17.2. The van der Waals surface area contributed by atoms with E-state index >= 15 is 0 Å². The van der Waals surface area contributed by atoms with Gasteiger partial charge < -0.3 is 9.47 Å². The van der Waals surface area contributed by atoms with E-state index < -0.39 is 0 Å². The monoisotopic (exact) mass is 728 g/mol. The van der Waals surface area contributed by atoms with Gasteiger partial charge in [0.25, 0.3) is 0 Å². The van der Waals surface area contributed by atoms with Crippen LogP contribution in [0.15, 0.2) is 206 Å². The van der Waals surface area contributed by atoms with E-state index in [1.165, 1.54) is 82.8 Å². The molecule has 0 bridgehead atoms. The van der Waals surface area contributed by atoms with Crippen LogP contribution in [0.3, 0.4) is 0 Å². The Morgan fingerprint density at radius 3 is 1.58 bits per heavy atom. The lowest BCUT2D eigenvalue weighted by atomic mass is 9.82. The summed E-state index contributed by atoms with van der Waals surface area (Å²) in [4.78, 5) is 2.40. The Balaban J connectivity index is 0.961. The molecule has 1 aromatic heterocycles. The third-order valence-electron chi connectivity index (χ3n) is 12.2. The molecule has 0 amide bonds. The number of benzene rings is 9. The highest BCUT2D eigenvalue weighted by Crippen LogP contribution is 2.50. The molecule has 2 heteroatoms. The fourth-order valence-electron chi connectivity index (χ4n) is 9.27. The second kappa shape index (κ2) is 13.0. The number of aromatic nitrogens is 1. The molecule has 11 rings (SSSR count). The van der Waals surface area contributed by atoms with Crippen molar-refractivity contribution < 1.29 is 0 Å². The highest BCUT2D eigenvalue weighted by molar-refractivity contribution is 6.09. The Kier molecular flexibility index (Phi) is 7.55. The van der Waals surface area contributed by atoms with Gasteiger partial charge in [0.05, 0.1) is 11.0 Å². The molecule has 57 heavy (non-hydrogen) atoms. The van der Waals surface area contributed by atoms with Crippen LogP contribution in [0.1, 0.15) is 25.0 Å². The van der Waals surface area contributed by atoms with Gasteiger partial charge in [-0.2, -0.15) is 0 Å². The molecule has 0 spiro atoms. The Labute approximate surface area is 333 Å². The van der Waals surface area contributed by atoms with Gasteiger partial charge in [-0.15, -0.1) is 0 Å². The van der Waals surface area contributed by atoms with E-state index in [1.807, 2.05) is 0 Å². The number of anilines is 3. The fourth-order valence-corrected chi connectivity index (χ4v) is 9.27. The zero-order chi connectivity index (χ0) is 38.1. The average molecular weight is 729 g/mol. The molecule has 1 aliphatic carbocycles. The number of hydrogen-bond acceptors (Lipinski definition) is 1. The quantitative estimate of drug-likeness (QED) is 0.165. The molecule has 0 unspecified atom stereocenters. The van der Waals surface area contributed by atoms with Crippen LogP contribution in [0.5, 0.6) is 0 Å². The zero-order valence-electron chi connectivity index (χ0n) is 32.0. The molecule has 0 saturated heterocycles. The summed E-state index contributed by atoms with van der Waals surface area (Å²) < 4.78 is 2.39. The molecule has 1 heterocycles. The first-order valence-electron chi connectivity index (χ1n) is 19.8. The van der Waals surface area contributed by atoms with Crippen molar-refractivity contribution in [3.8, 4) is 39.1 Å². The van der Waals surface area contributed by atoms with E-state index in [0.717, 1.165) is 17.1 Å². The van der Waals surface area contributed by atoms with Gasteiger partial charge in [-0.3, -0.25) is 0 Å². The lowest BCUT2D eigenvalue weighted by Gasteiger charge is -2.28. The predicted molar refractivity (Wildman–Crippen MR) is 241 cm³/mol. The first-order valence-corrected chi connectivity index (χ1v) is 19.8. The van der Waals surface area contributed by atoms with Crippen LogP contribution < -0.4 is 4.90 Å². The minimum atomic E-state index is -0.0884. The highest BCUT2D eigenvalue weighted by atomic mass is 15.1. The van der Waals surface area contributed by atoms with Crippen LogP contribution in [0.2, 0.25) is 0 Å². The Bertz CT molecular complexity index is 3080. The summed E-state index contributed by atoms with van der Waals surface area (Å²) in [5, 5.41) is 5.00. The van der Waals surface area contributed by atoms with Crippen molar-refractivity contribution in [3.63, 3.8) is 0 Å². The summed E-state index contributed by atoms with van der Waals surface area (Å²) in [6, 6.07) is 75.6. The minimum Gasteiger partial charge on any atom is -0.310 e.